The Morgan fingerprint density at radius 3 is 2.71 bits per heavy atom. The molecule has 24 heavy (non-hydrogen) atoms. The van der Waals surface area contributed by atoms with Crippen molar-refractivity contribution < 1.29 is 4.79 Å². The Morgan fingerprint density at radius 1 is 1.21 bits per heavy atom. The fraction of sp³-hybridized carbons (Fsp3) is 0.176. The molecule has 0 bridgehead atoms. The molecule has 2 aromatic carbocycles. The third-order valence-electron chi connectivity index (χ3n) is 3.69. The van der Waals surface area contributed by atoms with Gasteiger partial charge in [-0.1, -0.05) is 36.4 Å². The Hall–Kier alpha value is -3.22. The predicted molar refractivity (Wildman–Crippen MR) is 90.8 cm³/mol. The van der Waals surface area contributed by atoms with Crippen LogP contribution in [0, 0.1) is 6.92 Å². The van der Waals surface area contributed by atoms with Crippen LogP contribution in [0.1, 0.15) is 11.1 Å². The zero-order valence-corrected chi connectivity index (χ0v) is 13.5. The number of aryl methyl sites for hydroxylation is 1. The lowest BCUT2D eigenvalue weighted by molar-refractivity contribution is 0.220. The fourth-order valence-electron chi connectivity index (χ4n) is 2.31. The normalized spacial score (nSPS) is 10.4. The first kappa shape index (κ1) is 15.7. The minimum atomic E-state index is -0.171. The summed E-state index contributed by atoms with van der Waals surface area (Å²) in [5, 5.41) is 14.0. The van der Waals surface area contributed by atoms with Crippen LogP contribution in [0.25, 0.3) is 5.69 Å². The number of hydrogen-bond donors (Lipinski definition) is 1. The first-order chi connectivity index (χ1) is 11.6. The number of carbonyl (C=O) groups excluding carboxylic acids is 1. The molecule has 3 aromatic rings. The minimum Gasteiger partial charge on any atom is -0.323 e. The zero-order chi connectivity index (χ0) is 16.9. The van der Waals surface area contributed by atoms with E-state index in [1.165, 1.54) is 6.33 Å². The molecule has 0 aliphatic heterocycles. The van der Waals surface area contributed by atoms with Gasteiger partial charge in [-0.2, -0.15) is 0 Å². The molecule has 1 N–H and O–H groups in total. The monoisotopic (exact) mass is 322 g/mol. The molecule has 1 aromatic heterocycles. The first-order valence-corrected chi connectivity index (χ1v) is 7.53. The number of aromatic nitrogens is 4. The van der Waals surface area contributed by atoms with E-state index in [9.17, 15) is 4.79 Å². The lowest BCUT2D eigenvalue weighted by Gasteiger charge is -2.19. The van der Waals surface area contributed by atoms with Crippen molar-refractivity contribution in [1.29, 1.82) is 0 Å². The second-order valence-electron chi connectivity index (χ2n) is 5.53. The third-order valence-corrected chi connectivity index (χ3v) is 3.69. The van der Waals surface area contributed by atoms with Crippen molar-refractivity contribution in [1.82, 2.24) is 25.1 Å². The molecule has 0 fully saturated rings. The van der Waals surface area contributed by atoms with Crippen molar-refractivity contribution in [3.63, 3.8) is 0 Å². The molecule has 3 rings (SSSR count). The number of carbonyl (C=O) groups is 1. The van der Waals surface area contributed by atoms with Gasteiger partial charge in [-0.15, -0.1) is 5.10 Å². The van der Waals surface area contributed by atoms with Crippen molar-refractivity contribution in [2.75, 3.05) is 12.4 Å². The maximum atomic E-state index is 12.4. The highest BCUT2D eigenvalue weighted by molar-refractivity contribution is 5.90. The van der Waals surface area contributed by atoms with Gasteiger partial charge in [0.05, 0.1) is 5.69 Å². The number of anilines is 1. The lowest BCUT2D eigenvalue weighted by atomic mass is 10.2. The van der Waals surface area contributed by atoms with E-state index in [-0.39, 0.29) is 6.03 Å². The topological polar surface area (TPSA) is 75.9 Å². The van der Waals surface area contributed by atoms with E-state index < -0.39 is 0 Å². The molecule has 0 radical (unpaired) electrons. The van der Waals surface area contributed by atoms with Gasteiger partial charge in [-0.05, 0) is 40.6 Å². The van der Waals surface area contributed by atoms with Gasteiger partial charge in [0.1, 0.15) is 6.33 Å². The van der Waals surface area contributed by atoms with E-state index in [1.54, 1.807) is 16.6 Å². The highest BCUT2D eigenvalue weighted by Crippen LogP contribution is 2.19. The number of hydrogen-bond acceptors (Lipinski definition) is 4. The van der Waals surface area contributed by atoms with Crippen LogP contribution in [-0.4, -0.2) is 38.2 Å². The Labute approximate surface area is 139 Å². The van der Waals surface area contributed by atoms with Gasteiger partial charge in [0.15, 0.2) is 0 Å². The zero-order valence-electron chi connectivity index (χ0n) is 13.5. The van der Waals surface area contributed by atoms with E-state index in [4.69, 9.17) is 0 Å². The number of nitrogens with one attached hydrogen (secondary N) is 1. The third kappa shape index (κ3) is 3.57. The van der Waals surface area contributed by atoms with Crippen molar-refractivity contribution in [3.8, 4) is 5.69 Å². The van der Waals surface area contributed by atoms with Crippen molar-refractivity contribution in [2.45, 2.75) is 13.5 Å². The van der Waals surface area contributed by atoms with Gasteiger partial charge in [0, 0.05) is 19.3 Å². The van der Waals surface area contributed by atoms with Crippen LogP contribution in [-0.2, 0) is 6.54 Å². The molecule has 0 unspecified atom stereocenters. The maximum Gasteiger partial charge on any atom is 0.321 e. The lowest BCUT2D eigenvalue weighted by Crippen LogP contribution is -2.31. The molecule has 7 heteroatoms. The summed E-state index contributed by atoms with van der Waals surface area (Å²) in [5.41, 5.74) is 3.56. The van der Waals surface area contributed by atoms with Crippen LogP contribution in [0.3, 0.4) is 0 Å². The smallest absolute Gasteiger partial charge is 0.321 e. The highest BCUT2D eigenvalue weighted by Gasteiger charge is 2.11. The van der Waals surface area contributed by atoms with E-state index in [0.717, 1.165) is 22.5 Å². The summed E-state index contributed by atoms with van der Waals surface area (Å²) in [5.74, 6) is 0. The summed E-state index contributed by atoms with van der Waals surface area (Å²) in [6, 6.07) is 15.4. The average molecular weight is 322 g/mol. The quantitative estimate of drug-likeness (QED) is 0.801. The standard InChI is InChI=1S/C17H18N6O/c1-13-8-9-15(23-12-18-20-21-23)10-16(13)19-17(24)22(2)11-14-6-4-3-5-7-14/h3-10,12H,11H2,1-2H3,(H,19,24). The van der Waals surface area contributed by atoms with E-state index in [0.29, 0.717) is 6.54 Å². The van der Waals surface area contributed by atoms with E-state index >= 15 is 0 Å². The summed E-state index contributed by atoms with van der Waals surface area (Å²) in [6.45, 7) is 2.48. The predicted octanol–water partition coefficient (Wildman–Crippen LogP) is 2.63. The molecule has 0 aliphatic carbocycles. The molecule has 0 saturated carbocycles. The molecule has 0 saturated heterocycles. The van der Waals surface area contributed by atoms with E-state index in [1.807, 2.05) is 55.5 Å². The molecular weight excluding hydrogens is 304 g/mol. The first-order valence-electron chi connectivity index (χ1n) is 7.53. The van der Waals surface area contributed by atoms with Gasteiger partial charge in [-0.25, -0.2) is 9.48 Å². The van der Waals surface area contributed by atoms with Crippen LogP contribution in [0.5, 0.6) is 0 Å². The Bertz CT molecular complexity index is 816. The average Bonchev–Trinajstić information content (AvgIpc) is 3.12. The molecule has 0 spiro atoms. The molecule has 0 aliphatic rings. The molecule has 2 amide bonds. The van der Waals surface area contributed by atoms with Gasteiger partial charge < -0.3 is 10.2 Å². The van der Waals surface area contributed by atoms with Gasteiger partial charge in [0.2, 0.25) is 0 Å². The highest BCUT2D eigenvalue weighted by atomic mass is 16.2. The van der Waals surface area contributed by atoms with Crippen LogP contribution < -0.4 is 5.32 Å². The Morgan fingerprint density at radius 2 is 2.00 bits per heavy atom. The van der Waals surface area contributed by atoms with Crippen LogP contribution >= 0.6 is 0 Å². The summed E-state index contributed by atoms with van der Waals surface area (Å²) >= 11 is 0. The van der Waals surface area contributed by atoms with E-state index in [2.05, 4.69) is 20.8 Å². The van der Waals surface area contributed by atoms with Crippen molar-refractivity contribution >= 4 is 11.7 Å². The molecule has 7 nitrogen and oxygen atoms in total. The molecule has 0 atom stereocenters. The summed E-state index contributed by atoms with van der Waals surface area (Å²) in [4.78, 5) is 14.1. The van der Waals surface area contributed by atoms with Gasteiger partial charge in [0.25, 0.3) is 0 Å². The second kappa shape index (κ2) is 6.91. The Kier molecular flexibility index (Phi) is 4.51. The number of urea groups is 1. The largest absolute Gasteiger partial charge is 0.323 e. The second-order valence-corrected chi connectivity index (χ2v) is 5.53. The van der Waals surface area contributed by atoms with Crippen molar-refractivity contribution in [3.05, 3.63) is 66.0 Å². The Balaban J connectivity index is 1.73. The maximum absolute atomic E-state index is 12.4. The number of benzene rings is 2. The summed E-state index contributed by atoms with van der Waals surface area (Å²) < 4.78 is 1.54. The van der Waals surface area contributed by atoms with Crippen molar-refractivity contribution in [2.24, 2.45) is 0 Å². The van der Waals surface area contributed by atoms with Crippen LogP contribution in [0.2, 0.25) is 0 Å². The number of tetrazole rings is 1. The molecule has 1 heterocycles. The number of rotatable bonds is 4. The number of amides is 2. The fourth-order valence-corrected chi connectivity index (χ4v) is 2.31. The molecular formula is C17H18N6O. The number of nitrogens with zero attached hydrogens (tertiary/aromatic N) is 5. The minimum absolute atomic E-state index is 0.171. The van der Waals surface area contributed by atoms with Crippen LogP contribution in [0.15, 0.2) is 54.9 Å². The van der Waals surface area contributed by atoms with Crippen LogP contribution in [0.4, 0.5) is 10.5 Å². The van der Waals surface area contributed by atoms with Gasteiger partial charge >= 0.3 is 6.03 Å². The van der Waals surface area contributed by atoms with Gasteiger partial charge in [-0.3, -0.25) is 0 Å². The SMILES string of the molecule is Cc1ccc(-n2cnnn2)cc1NC(=O)N(C)Cc1ccccc1. The molecule has 122 valence electrons. The summed E-state index contributed by atoms with van der Waals surface area (Å²) in [7, 11) is 1.77. The summed E-state index contributed by atoms with van der Waals surface area (Å²) in [6.07, 6.45) is 1.51.